The average Bonchev–Trinajstić information content (AvgIpc) is 3.32. The van der Waals surface area contributed by atoms with Crippen molar-refractivity contribution in [3.8, 4) is 0 Å². The van der Waals surface area contributed by atoms with Gasteiger partial charge in [-0.3, -0.25) is 4.79 Å². The van der Waals surface area contributed by atoms with Crippen LogP contribution in [0.4, 0.5) is 5.69 Å². The minimum atomic E-state index is -3.64. The van der Waals surface area contributed by atoms with Gasteiger partial charge in [0.1, 0.15) is 11.0 Å². The summed E-state index contributed by atoms with van der Waals surface area (Å²) in [6.45, 7) is 6.07. The van der Waals surface area contributed by atoms with Gasteiger partial charge in [-0.25, -0.2) is 8.42 Å². The second-order valence-corrected chi connectivity index (χ2v) is 9.36. The fraction of sp³-hybridized carbons (Fsp3) is 0.381. The standard InChI is InChI=1S/C21H25N5O4S/c1-4-24(5-2)31(28,29)17-10-11-18-20(13-17)26(23-22-18)30-14-21(27)25-15(3)12-16-8-6-7-9-19(16)25/h6-11,13,15H,4-5,12,14H2,1-3H3. The van der Waals surface area contributed by atoms with E-state index in [0.717, 1.165) is 22.5 Å². The van der Waals surface area contributed by atoms with Crippen LogP contribution in [0.5, 0.6) is 0 Å². The van der Waals surface area contributed by atoms with E-state index < -0.39 is 10.0 Å². The Morgan fingerprint density at radius 3 is 2.68 bits per heavy atom. The van der Waals surface area contributed by atoms with Crippen molar-refractivity contribution in [2.75, 3.05) is 24.6 Å². The van der Waals surface area contributed by atoms with Crippen molar-refractivity contribution >= 4 is 32.7 Å². The molecule has 0 N–H and O–H groups in total. The highest BCUT2D eigenvalue weighted by Crippen LogP contribution is 2.31. The summed E-state index contributed by atoms with van der Waals surface area (Å²) in [6.07, 6.45) is 0.792. The van der Waals surface area contributed by atoms with Crippen LogP contribution >= 0.6 is 0 Å². The minimum Gasteiger partial charge on any atom is -0.385 e. The lowest BCUT2D eigenvalue weighted by Gasteiger charge is -2.22. The zero-order valence-corrected chi connectivity index (χ0v) is 18.5. The molecule has 1 aliphatic heterocycles. The van der Waals surface area contributed by atoms with Crippen LogP contribution in [0.1, 0.15) is 26.3 Å². The van der Waals surface area contributed by atoms with Crippen LogP contribution in [0, 0.1) is 0 Å². The quantitative estimate of drug-likeness (QED) is 0.553. The largest absolute Gasteiger partial charge is 0.385 e. The van der Waals surface area contributed by atoms with Crippen molar-refractivity contribution in [1.29, 1.82) is 0 Å². The Hall–Kier alpha value is -2.98. The molecular formula is C21H25N5O4S. The molecule has 1 atom stereocenters. The highest BCUT2D eigenvalue weighted by atomic mass is 32.2. The van der Waals surface area contributed by atoms with Gasteiger partial charge in [-0.05, 0) is 48.4 Å². The Morgan fingerprint density at radius 2 is 1.94 bits per heavy atom. The van der Waals surface area contributed by atoms with Crippen LogP contribution in [0.2, 0.25) is 0 Å². The first-order chi connectivity index (χ1) is 14.9. The lowest BCUT2D eigenvalue weighted by atomic mass is 10.1. The second kappa shape index (κ2) is 8.27. The van der Waals surface area contributed by atoms with Crippen LogP contribution in [-0.4, -0.2) is 59.5 Å². The molecule has 1 amide bonds. The number of para-hydroxylation sites is 1. The lowest BCUT2D eigenvalue weighted by molar-refractivity contribution is -0.124. The van der Waals surface area contributed by atoms with Gasteiger partial charge in [0, 0.05) is 24.8 Å². The van der Waals surface area contributed by atoms with Gasteiger partial charge in [0.15, 0.2) is 6.61 Å². The highest BCUT2D eigenvalue weighted by Gasteiger charge is 2.31. The monoisotopic (exact) mass is 443 g/mol. The number of carbonyl (C=O) groups is 1. The SMILES string of the molecule is CCN(CC)S(=O)(=O)c1ccc2nnn(OCC(=O)N3c4ccccc4CC3C)c2c1. The number of nitrogens with zero attached hydrogens (tertiary/aromatic N) is 5. The summed E-state index contributed by atoms with van der Waals surface area (Å²) in [5.74, 6) is -0.201. The molecule has 9 nitrogen and oxygen atoms in total. The number of carbonyl (C=O) groups excluding carboxylic acids is 1. The number of benzene rings is 2. The van der Waals surface area contributed by atoms with Gasteiger partial charge in [0.05, 0.1) is 4.90 Å². The lowest BCUT2D eigenvalue weighted by Crippen LogP contribution is -2.40. The van der Waals surface area contributed by atoms with Gasteiger partial charge in [-0.2, -0.15) is 4.31 Å². The maximum absolute atomic E-state index is 12.9. The molecule has 0 bridgehead atoms. The van der Waals surface area contributed by atoms with Gasteiger partial charge in [-0.1, -0.05) is 36.9 Å². The third kappa shape index (κ3) is 3.77. The number of anilines is 1. The number of hydrogen-bond acceptors (Lipinski definition) is 6. The van der Waals surface area contributed by atoms with E-state index in [2.05, 4.69) is 10.3 Å². The molecule has 1 aromatic heterocycles. The summed E-state index contributed by atoms with van der Waals surface area (Å²) in [5.41, 5.74) is 2.88. The van der Waals surface area contributed by atoms with Crippen molar-refractivity contribution in [2.24, 2.45) is 0 Å². The molecule has 0 fully saturated rings. The summed E-state index contributed by atoms with van der Waals surface area (Å²) in [5, 5.41) is 7.94. The summed E-state index contributed by atoms with van der Waals surface area (Å²) >= 11 is 0. The molecular weight excluding hydrogens is 418 g/mol. The Kier molecular flexibility index (Phi) is 5.67. The first-order valence-electron chi connectivity index (χ1n) is 10.3. The average molecular weight is 444 g/mol. The Bertz CT molecular complexity index is 1220. The second-order valence-electron chi connectivity index (χ2n) is 7.42. The van der Waals surface area contributed by atoms with Gasteiger partial charge >= 0.3 is 0 Å². The van der Waals surface area contributed by atoms with E-state index in [1.165, 1.54) is 16.4 Å². The number of aromatic nitrogens is 3. The van der Waals surface area contributed by atoms with Gasteiger partial charge in [0.2, 0.25) is 10.0 Å². The molecule has 0 saturated heterocycles. The first kappa shape index (κ1) is 21.3. The van der Waals surface area contributed by atoms with Crippen molar-refractivity contribution in [2.45, 2.75) is 38.1 Å². The highest BCUT2D eigenvalue weighted by molar-refractivity contribution is 7.89. The predicted octanol–water partition coefficient (Wildman–Crippen LogP) is 1.87. The summed E-state index contributed by atoms with van der Waals surface area (Å²) in [6, 6.07) is 12.4. The maximum Gasteiger partial charge on any atom is 0.268 e. The molecule has 2 heterocycles. The molecule has 1 aliphatic rings. The molecule has 4 rings (SSSR count). The molecule has 0 radical (unpaired) electrons. The Morgan fingerprint density at radius 1 is 1.19 bits per heavy atom. The van der Waals surface area contributed by atoms with Crippen LogP contribution in [0.25, 0.3) is 11.0 Å². The maximum atomic E-state index is 12.9. The van der Waals surface area contributed by atoms with E-state index in [1.54, 1.807) is 24.8 Å². The molecule has 2 aromatic carbocycles. The van der Waals surface area contributed by atoms with E-state index in [-0.39, 0.29) is 23.5 Å². The van der Waals surface area contributed by atoms with Crippen LogP contribution in [-0.2, 0) is 21.2 Å². The molecule has 10 heteroatoms. The van der Waals surface area contributed by atoms with Crippen LogP contribution in [0.3, 0.4) is 0 Å². The van der Waals surface area contributed by atoms with E-state index >= 15 is 0 Å². The van der Waals surface area contributed by atoms with Gasteiger partial charge in [0.25, 0.3) is 5.91 Å². The normalized spacial score (nSPS) is 16.1. The third-order valence-electron chi connectivity index (χ3n) is 5.52. The topological polar surface area (TPSA) is 97.6 Å². The van der Waals surface area contributed by atoms with Crippen molar-refractivity contribution in [1.82, 2.24) is 19.5 Å². The summed E-state index contributed by atoms with van der Waals surface area (Å²) in [4.78, 5) is 21.5. The Balaban J connectivity index is 1.56. The number of hydrogen-bond donors (Lipinski definition) is 0. The van der Waals surface area contributed by atoms with Crippen molar-refractivity contribution in [3.05, 3.63) is 48.0 Å². The zero-order valence-electron chi connectivity index (χ0n) is 17.7. The number of fused-ring (bicyclic) bond motifs is 2. The molecule has 0 aliphatic carbocycles. The third-order valence-corrected chi connectivity index (χ3v) is 7.56. The fourth-order valence-corrected chi connectivity index (χ4v) is 5.46. The van der Waals surface area contributed by atoms with Crippen LogP contribution in [0.15, 0.2) is 47.4 Å². The number of amides is 1. The molecule has 0 saturated carbocycles. The van der Waals surface area contributed by atoms with Crippen molar-refractivity contribution in [3.63, 3.8) is 0 Å². The predicted molar refractivity (Wildman–Crippen MR) is 116 cm³/mol. The molecule has 3 aromatic rings. The van der Waals surface area contributed by atoms with E-state index in [4.69, 9.17) is 4.84 Å². The van der Waals surface area contributed by atoms with E-state index in [9.17, 15) is 13.2 Å². The first-order valence-corrected chi connectivity index (χ1v) is 11.7. The van der Waals surface area contributed by atoms with E-state index in [0.29, 0.717) is 24.1 Å². The van der Waals surface area contributed by atoms with Gasteiger partial charge in [-0.15, -0.1) is 5.10 Å². The Labute approximate surface area is 181 Å². The minimum absolute atomic E-state index is 0.0341. The smallest absolute Gasteiger partial charge is 0.268 e. The van der Waals surface area contributed by atoms with Gasteiger partial charge < -0.3 is 9.74 Å². The number of sulfonamides is 1. The van der Waals surface area contributed by atoms with Crippen molar-refractivity contribution < 1.29 is 18.0 Å². The molecule has 31 heavy (non-hydrogen) atoms. The summed E-state index contributed by atoms with van der Waals surface area (Å²) < 4.78 is 27.1. The number of rotatable bonds is 7. The summed E-state index contributed by atoms with van der Waals surface area (Å²) in [7, 11) is -3.64. The van der Waals surface area contributed by atoms with Crippen LogP contribution < -0.4 is 9.74 Å². The molecule has 164 valence electrons. The fourth-order valence-electron chi connectivity index (χ4n) is 3.98. The molecule has 1 unspecified atom stereocenters. The van der Waals surface area contributed by atoms with E-state index in [1.807, 2.05) is 31.2 Å². The zero-order chi connectivity index (χ0) is 22.2. The molecule has 0 spiro atoms.